The molecule has 102 valence electrons. The summed E-state index contributed by atoms with van der Waals surface area (Å²) in [5.41, 5.74) is 5.33. The molecule has 5 nitrogen and oxygen atoms in total. The van der Waals surface area contributed by atoms with E-state index in [9.17, 15) is 10.1 Å². The molecule has 0 aliphatic heterocycles. The summed E-state index contributed by atoms with van der Waals surface area (Å²) in [4.78, 5) is 10.1. The van der Waals surface area contributed by atoms with Crippen molar-refractivity contribution >= 4 is 28.7 Å². The van der Waals surface area contributed by atoms with Gasteiger partial charge in [-0.1, -0.05) is 23.7 Å². The highest BCUT2D eigenvalue weighted by Crippen LogP contribution is 2.16. The maximum atomic E-state index is 10.5. The lowest BCUT2D eigenvalue weighted by Crippen LogP contribution is -1.99. The molecule has 2 aromatic rings. The lowest BCUT2D eigenvalue weighted by Gasteiger charge is -2.03. The second-order valence-corrected chi connectivity index (χ2v) is 4.56. The van der Waals surface area contributed by atoms with Gasteiger partial charge in [-0.2, -0.15) is 5.10 Å². The van der Waals surface area contributed by atoms with Crippen LogP contribution in [0.15, 0.2) is 53.6 Å². The Morgan fingerprint density at radius 3 is 2.30 bits per heavy atom. The second kappa shape index (κ2) is 6.16. The average molecular weight is 290 g/mol. The average Bonchev–Trinajstić information content (AvgIpc) is 2.46. The van der Waals surface area contributed by atoms with Crippen LogP contribution >= 0.6 is 11.6 Å². The molecule has 0 amide bonds. The molecule has 0 saturated heterocycles. The van der Waals surface area contributed by atoms with Gasteiger partial charge in [0, 0.05) is 17.2 Å². The number of nitro benzene ring substituents is 1. The molecule has 0 spiro atoms. The van der Waals surface area contributed by atoms with E-state index in [0.29, 0.717) is 10.7 Å². The van der Waals surface area contributed by atoms with E-state index in [-0.39, 0.29) is 5.69 Å². The minimum Gasteiger partial charge on any atom is -0.278 e. The van der Waals surface area contributed by atoms with E-state index >= 15 is 0 Å². The van der Waals surface area contributed by atoms with Crippen LogP contribution < -0.4 is 5.43 Å². The number of nitro groups is 1. The zero-order chi connectivity index (χ0) is 14.5. The van der Waals surface area contributed by atoms with Gasteiger partial charge in [0.2, 0.25) is 0 Å². The molecular weight excluding hydrogens is 278 g/mol. The first-order valence-corrected chi connectivity index (χ1v) is 6.25. The molecular formula is C14H12ClN3O2. The van der Waals surface area contributed by atoms with Crippen molar-refractivity contribution in [1.29, 1.82) is 0 Å². The third-order valence-corrected chi connectivity index (χ3v) is 2.94. The summed E-state index contributed by atoms with van der Waals surface area (Å²) < 4.78 is 0. The van der Waals surface area contributed by atoms with Crippen LogP contribution in [-0.4, -0.2) is 10.6 Å². The zero-order valence-corrected chi connectivity index (χ0v) is 11.5. The van der Waals surface area contributed by atoms with E-state index in [1.54, 1.807) is 24.3 Å². The van der Waals surface area contributed by atoms with Crippen molar-refractivity contribution in [2.24, 2.45) is 5.10 Å². The van der Waals surface area contributed by atoms with Crippen molar-refractivity contribution in [2.75, 3.05) is 5.43 Å². The summed E-state index contributed by atoms with van der Waals surface area (Å²) in [6, 6.07) is 13.4. The Morgan fingerprint density at radius 1 is 1.15 bits per heavy atom. The lowest BCUT2D eigenvalue weighted by atomic mass is 10.1. The number of benzene rings is 2. The maximum Gasteiger partial charge on any atom is 0.269 e. The SMILES string of the molecule is CC(=NNc1ccc([N+](=O)[O-])cc1)c1ccc(Cl)cc1. The Hall–Kier alpha value is -2.40. The van der Waals surface area contributed by atoms with Crippen molar-refractivity contribution in [1.82, 2.24) is 0 Å². The fraction of sp³-hybridized carbons (Fsp3) is 0.0714. The molecule has 0 aliphatic carbocycles. The predicted molar refractivity (Wildman–Crippen MR) is 80.4 cm³/mol. The smallest absolute Gasteiger partial charge is 0.269 e. The van der Waals surface area contributed by atoms with E-state index in [2.05, 4.69) is 10.5 Å². The molecule has 0 fully saturated rings. The first-order chi connectivity index (χ1) is 9.56. The van der Waals surface area contributed by atoms with Gasteiger partial charge in [-0.25, -0.2) is 0 Å². The number of halogens is 1. The van der Waals surface area contributed by atoms with Gasteiger partial charge in [0.25, 0.3) is 5.69 Å². The van der Waals surface area contributed by atoms with Crippen molar-refractivity contribution in [3.8, 4) is 0 Å². The molecule has 0 unspecified atom stereocenters. The van der Waals surface area contributed by atoms with Crippen LogP contribution in [0.4, 0.5) is 11.4 Å². The number of non-ortho nitro benzene ring substituents is 1. The highest BCUT2D eigenvalue weighted by atomic mass is 35.5. The van der Waals surface area contributed by atoms with Gasteiger partial charge < -0.3 is 0 Å². The van der Waals surface area contributed by atoms with Gasteiger partial charge in [0.1, 0.15) is 0 Å². The van der Waals surface area contributed by atoms with E-state index in [1.807, 2.05) is 19.1 Å². The van der Waals surface area contributed by atoms with E-state index in [0.717, 1.165) is 11.3 Å². The Bertz CT molecular complexity index is 636. The first kappa shape index (κ1) is 14.0. The van der Waals surface area contributed by atoms with Gasteiger partial charge in [0.15, 0.2) is 0 Å². The third-order valence-electron chi connectivity index (χ3n) is 2.69. The maximum absolute atomic E-state index is 10.5. The predicted octanol–water partition coefficient (Wildman–Crippen LogP) is 4.08. The summed E-state index contributed by atoms with van der Waals surface area (Å²) in [6.45, 7) is 1.86. The normalized spacial score (nSPS) is 11.2. The van der Waals surface area contributed by atoms with E-state index in [4.69, 9.17) is 11.6 Å². The number of nitrogens with one attached hydrogen (secondary N) is 1. The van der Waals surface area contributed by atoms with Crippen molar-refractivity contribution in [3.05, 3.63) is 69.2 Å². The van der Waals surface area contributed by atoms with Crippen LogP contribution in [0.1, 0.15) is 12.5 Å². The fourth-order valence-electron chi connectivity index (χ4n) is 1.56. The van der Waals surface area contributed by atoms with Crippen LogP contribution in [0.25, 0.3) is 0 Å². The summed E-state index contributed by atoms with van der Waals surface area (Å²) in [6.07, 6.45) is 0. The highest BCUT2D eigenvalue weighted by molar-refractivity contribution is 6.30. The van der Waals surface area contributed by atoms with Gasteiger partial charge in [-0.3, -0.25) is 15.5 Å². The molecule has 6 heteroatoms. The zero-order valence-electron chi connectivity index (χ0n) is 10.7. The second-order valence-electron chi connectivity index (χ2n) is 4.12. The Kier molecular flexibility index (Phi) is 4.32. The van der Waals surface area contributed by atoms with Gasteiger partial charge >= 0.3 is 0 Å². The number of nitrogens with zero attached hydrogens (tertiary/aromatic N) is 2. The van der Waals surface area contributed by atoms with Crippen LogP contribution in [0, 0.1) is 10.1 Å². The molecule has 2 rings (SSSR count). The summed E-state index contributed by atoms with van der Waals surface area (Å²) in [7, 11) is 0. The van der Waals surface area contributed by atoms with Crippen LogP contribution in [0.2, 0.25) is 5.02 Å². The minimum absolute atomic E-state index is 0.0500. The van der Waals surface area contributed by atoms with Gasteiger partial charge in [-0.05, 0) is 36.8 Å². The van der Waals surface area contributed by atoms with E-state index in [1.165, 1.54) is 12.1 Å². The summed E-state index contributed by atoms with van der Waals surface area (Å²) in [5, 5.41) is 15.4. The van der Waals surface area contributed by atoms with Crippen LogP contribution in [-0.2, 0) is 0 Å². The molecule has 0 bridgehead atoms. The van der Waals surface area contributed by atoms with E-state index < -0.39 is 4.92 Å². The van der Waals surface area contributed by atoms with Crippen molar-refractivity contribution in [2.45, 2.75) is 6.92 Å². The molecule has 20 heavy (non-hydrogen) atoms. The standard InChI is InChI=1S/C14H12ClN3O2/c1-10(11-2-4-12(15)5-3-11)16-17-13-6-8-14(9-7-13)18(19)20/h2-9,17H,1H3. The Balaban J connectivity index is 2.08. The number of rotatable bonds is 4. The number of hydrazone groups is 1. The monoisotopic (exact) mass is 289 g/mol. The minimum atomic E-state index is -0.438. The topological polar surface area (TPSA) is 67.5 Å². The quantitative estimate of drug-likeness (QED) is 0.524. The molecule has 0 saturated carbocycles. The molecule has 0 heterocycles. The molecule has 0 aliphatic rings. The number of hydrogen-bond donors (Lipinski definition) is 1. The summed E-state index contributed by atoms with van der Waals surface area (Å²) in [5.74, 6) is 0. The van der Waals surface area contributed by atoms with Gasteiger partial charge in [0.05, 0.1) is 16.3 Å². The molecule has 0 aromatic heterocycles. The number of hydrogen-bond acceptors (Lipinski definition) is 4. The highest BCUT2D eigenvalue weighted by Gasteiger charge is 2.03. The van der Waals surface area contributed by atoms with Gasteiger partial charge in [-0.15, -0.1) is 0 Å². The van der Waals surface area contributed by atoms with Crippen molar-refractivity contribution in [3.63, 3.8) is 0 Å². The third kappa shape index (κ3) is 3.55. The molecule has 0 atom stereocenters. The van der Waals surface area contributed by atoms with Crippen molar-refractivity contribution < 1.29 is 4.92 Å². The fourth-order valence-corrected chi connectivity index (χ4v) is 1.69. The summed E-state index contributed by atoms with van der Waals surface area (Å²) >= 11 is 5.82. The Labute approximate surface area is 121 Å². The molecule has 2 aromatic carbocycles. The van der Waals surface area contributed by atoms with Crippen LogP contribution in [0.5, 0.6) is 0 Å². The lowest BCUT2D eigenvalue weighted by molar-refractivity contribution is -0.384. The molecule has 0 radical (unpaired) electrons. The molecule has 1 N–H and O–H groups in total. The van der Waals surface area contributed by atoms with Crippen LogP contribution in [0.3, 0.4) is 0 Å². The number of anilines is 1. The largest absolute Gasteiger partial charge is 0.278 e. The first-order valence-electron chi connectivity index (χ1n) is 5.87. The Morgan fingerprint density at radius 2 is 1.75 bits per heavy atom.